The molecule has 2 rings (SSSR count). The van der Waals surface area contributed by atoms with Crippen molar-refractivity contribution in [2.24, 2.45) is 0 Å². The zero-order valence-corrected chi connectivity index (χ0v) is 9.76. The number of rotatable bonds is 3. The molecule has 0 fully saturated rings. The number of nitrogens with zero attached hydrogens (tertiary/aromatic N) is 2. The number of aromatic nitrogens is 2. The number of carboxylic acids is 1. The average Bonchev–Trinajstić information content (AvgIpc) is 2.38. The minimum absolute atomic E-state index is 0.503. The highest BCUT2D eigenvalue weighted by Gasteiger charge is 2.34. The van der Waals surface area contributed by atoms with Gasteiger partial charge in [0.15, 0.2) is 0 Å². The van der Waals surface area contributed by atoms with Crippen molar-refractivity contribution in [2.75, 3.05) is 0 Å². The summed E-state index contributed by atoms with van der Waals surface area (Å²) in [6.45, 7) is 0. The smallest absolute Gasteiger partial charge is 0.419 e. The van der Waals surface area contributed by atoms with Gasteiger partial charge < -0.3 is 9.84 Å². The van der Waals surface area contributed by atoms with Crippen LogP contribution in [0.5, 0.6) is 11.6 Å². The minimum Gasteiger partial charge on any atom is -0.476 e. The summed E-state index contributed by atoms with van der Waals surface area (Å²) in [5.74, 6) is -2.49. The molecule has 104 valence electrons. The van der Waals surface area contributed by atoms with Crippen LogP contribution in [-0.2, 0) is 6.18 Å². The number of para-hydroxylation sites is 1. The Bertz CT molecular complexity index is 644. The number of alkyl halides is 3. The first-order chi connectivity index (χ1) is 9.39. The second-order valence-electron chi connectivity index (χ2n) is 3.61. The molecule has 0 amide bonds. The van der Waals surface area contributed by atoms with Crippen molar-refractivity contribution in [1.82, 2.24) is 9.97 Å². The predicted octanol–water partition coefficient (Wildman–Crippen LogP) is 2.99. The zero-order chi connectivity index (χ0) is 14.8. The third-order valence-electron chi connectivity index (χ3n) is 2.27. The Morgan fingerprint density at radius 1 is 1.15 bits per heavy atom. The molecule has 0 radical (unpaired) electrons. The van der Waals surface area contributed by atoms with Crippen LogP contribution in [-0.4, -0.2) is 21.0 Å². The van der Waals surface area contributed by atoms with Crippen LogP contribution in [0.4, 0.5) is 13.2 Å². The standard InChI is InChI=1S/C12H7F3N2O3/c13-12(14,15)7-3-1-2-4-8(7)20-10-9(11(18)19)16-5-6-17-10/h1-6H,(H,18,19). The molecule has 1 heterocycles. The molecule has 0 aliphatic carbocycles. The zero-order valence-electron chi connectivity index (χ0n) is 9.76. The maximum atomic E-state index is 12.8. The molecular formula is C12H7F3N2O3. The van der Waals surface area contributed by atoms with Crippen molar-refractivity contribution in [2.45, 2.75) is 6.18 Å². The van der Waals surface area contributed by atoms with Crippen molar-refractivity contribution < 1.29 is 27.8 Å². The van der Waals surface area contributed by atoms with E-state index in [2.05, 4.69) is 9.97 Å². The molecule has 0 saturated carbocycles. The highest BCUT2D eigenvalue weighted by Crippen LogP contribution is 2.37. The van der Waals surface area contributed by atoms with Gasteiger partial charge >= 0.3 is 12.1 Å². The van der Waals surface area contributed by atoms with E-state index in [9.17, 15) is 18.0 Å². The summed E-state index contributed by atoms with van der Waals surface area (Å²) in [6.07, 6.45) is -2.40. The average molecular weight is 284 g/mol. The van der Waals surface area contributed by atoms with Gasteiger partial charge in [-0.15, -0.1) is 0 Å². The lowest BCUT2D eigenvalue weighted by atomic mass is 10.2. The molecule has 0 bridgehead atoms. The number of halogens is 3. The molecule has 1 aromatic carbocycles. The van der Waals surface area contributed by atoms with Crippen LogP contribution in [0.15, 0.2) is 36.7 Å². The molecule has 0 saturated heterocycles. The molecular weight excluding hydrogens is 277 g/mol. The van der Waals surface area contributed by atoms with Crippen molar-refractivity contribution in [3.63, 3.8) is 0 Å². The number of aromatic carboxylic acids is 1. The van der Waals surface area contributed by atoms with Crippen LogP contribution in [0.2, 0.25) is 0 Å². The summed E-state index contributed by atoms with van der Waals surface area (Å²) in [7, 11) is 0. The molecule has 0 spiro atoms. The summed E-state index contributed by atoms with van der Waals surface area (Å²) in [6, 6.07) is 4.43. The van der Waals surface area contributed by atoms with Gasteiger partial charge in [0, 0.05) is 12.4 Å². The third-order valence-corrected chi connectivity index (χ3v) is 2.27. The Labute approximate surface area is 110 Å². The van der Waals surface area contributed by atoms with Gasteiger partial charge in [-0.3, -0.25) is 0 Å². The fraction of sp³-hybridized carbons (Fsp3) is 0.0833. The van der Waals surface area contributed by atoms with E-state index in [1.165, 1.54) is 12.1 Å². The van der Waals surface area contributed by atoms with E-state index in [1.807, 2.05) is 0 Å². The lowest BCUT2D eigenvalue weighted by molar-refractivity contribution is -0.138. The summed E-state index contributed by atoms with van der Waals surface area (Å²) in [5.41, 5.74) is -1.59. The number of hydrogen-bond acceptors (Lipinski definition) is 4. The maximum absolute atomic E-state index is 12.8. The first kappa shape index (κ1) is 13.8. The third kappa shape index (κ3) is 2.85. The van der Waals surface area contributed by atoms with Gasteiger partial charge in [-0.05, 0) is 12.1 Å². The Morgan fingerprint density at radius 3 is 2.45 bits per heavy atom. The quantitative estimate of drug-likeness (QED) is 0.938. The van der Waals surface area contributed by atoms with E-state index in [1.54, 1.807) is 0 Å². The van der Waals surface area contributed by atoms with Crippen LogP contribution >= 0.6 is 0 Å². The van der Waals surface area contributed by atoms with E-state index in [-0.39, 0.29) is 0 Å². The SMILES string of the molecule is O=C(O)c1nccnc1Oc1ccccc1C(F)(F)F. The van der Waals surface area contributed by atoms with Crippen LogP contribution in [0.3, 0.4) is 0 Å². The van der Waals surface area contributed by atoms with Crippen LogP contribution < -0.4 is 4.74 Å². The molecule has 1 aromatic heterocycles. The lowest BCUT2D eigenvalue weighted by Gasteiger charge is -2.13. The Hall–Kier alpha value is -2.64. The Morgan fingerprint density at radius 2 is 1.80 bits per heavy atom. The number of benzene rings is 1. The largest absolute Gasteiger partial charge is 0.476 e. The molecule has 8 heteroatoms. The van der Waals surface area contributed by atoms with E-state index in [4.69, 9.17) is 9.84 Å². The topological polar surface area (TPSA) is 72.3 Å². The van der Waals surface area contributed by atoms with E-state index in [0.29, 0.717) is 0 Å². The second-order valence-corrected chi connectivity index (χ2v) is 3.61. The van der Waals surface area contributed by atoms with Gasteiger partial charge in [0.25, 0.3) is 5.88 Å². The normalized spacial score (nSPS) is 11.2. The summed E-state index contributed by atoms with van der Waals surface area (Å²) < 4.78 is 43.3. The van der Waals surface area contributed by atoms with Gasteiger partial charge in [0.05, 0.1) is 5.56 Å². The minimum atomic E-state index is -4.62. The Balaban J connectivity index is 2.44. The second kappa shape index (κ2) is 5.16. The summed E-state index contributed by atoms with van der Waals surface area (Å²) >= 11 is 0. The number of hydrogen-bond donors (Lipinski definition) is 1. The number of carbonyl (C=O) groups is 1. The van der Waals surface area contributed by atoms with Gasteiger partial charge in [-0.25, -0.2) is 14.8 Å². The molecule has 2 aromatic rings. The number of carboxylic acid groups (broad SMARTS) is 1. The first-order valence-corrected chi connectivity index (χ1v) is 5.28. The van der Waals surface area contributed by atoms with Gasteiger partial charge in [-0.1, -0.05) is 12.1 Å². The molecule has 0 aliphatic rings. The molecule has 0 aliphatic heterocycles. The summed E-state index contributed by atoms with van der Waals surface area (Å²) in [4.78, 5) is 18.0. The van der Waals surface area contributed by atoms with Crippen LogP contribution in [0, 0.1) is 0 Å². The maximum Gasteiger partial charge on any atom is 0.419 e. The highest BCUT2D eigenvalue weighted by atomic mass is 19.4. The molecule has 5 nitrogen and oxygen atoms in total. The summed E-state index contributed by atoms with van der Waals surface area (Å²) in [5, 5.41) is 8.87. The molecule has 0 unspecified atom stereocenters. The predicted molar refractivity (Wildman–Crippen MR) is 60.5 cm³/mol. The lowest BCUT2D eigenvalue weighted by Crippen LogP contribution is -2.09. The van der Waals surface area contributed by atoms with Crippen LogP contribution in [0.25, 0.3) is 0 Å². The number of ether oxygens (including phenoxy) is 1. The van der Waals surface area contributed by atoms with Crippen molar-refractivity contribution in [1.29, 1.82) is 0 Å². The van der Waals surface area contributed by atoms with Gasteiger partial charge in [-0.2, -0.15) is 13.2 Å². The van der Waals surface area contributed by atoms with E-state index < -0.39 is 35.0 Å². The fourth-order valence-electron chi connectivity index (χ4n) is 1.44. The molecule has 20 heavy (non-hydrogen) atoms. The van der Waals surface area contributed by atoms with Gasteiger partial charge in [0.2, 0.25) is 5.69 Å². The van der Waals surface area contributed by atoms with Crippen molar-refractivity contribution in [3.8, 4) is 11.6 Å². The van der Waals surface area contributed by atoms with Crippen LogP contribution in [0.1, 0.15) is 16.1 Å². The Kier molecular flexibility index (Phi) is 3.55. The first-order valence-electron chi connectivity index (χ1n) is 5.28. The molecule has 1 N–H and O–H groups in total. The fourth-order valence-corrected chi connectivity index (χ4v) is 1.44. The molecule has 0 atom stereocenters. The van der Waals surface area contributed by atoms with E-state index in [0.717, 1.165) is 24.5 Å². The van der Waals surface area contributed by atoms with Gasteiger partial charge in [0.1, 0.15) is 5.75 Å². The monoisotopic (exact) mass is 284 g/mol. The van der Waals surface area contributed by atoms with E-state index >= 15 is 0 Å². The van der Waals surface area contributed by atoms with Crippen molar-refractivity contribution in [3.05, 3.63) is 47.9 Å². The van der Waals surface area contributed by atoms with Crippen molar-refractivity contribution >= 4 is 5.97 Å². The highest BCUT2D eigenvalue weighted by molar-refractivity contribution is 5.87.